The average Bonchev–Trinajstić information content (AvgIpc) is 2.04. The lowest BCUT2D eigenvalue weighted by Crippen LogP contribution is -2.10. The van der Waals surface area contributed by atoms with Crippen molar-refractivity contribution in [1.29, 1.82) is 0 Å². The van der Waals surface area contributed by atoms with E-state index in [1.165, 1.54) is 12.1 Å². The van der Waals surface area contributed by atoms with Crippen molar-refractivity contribution >= 4 is 11.6 Å². The van der Waals surface area contributed by atoms with Gasteiger partial charge in [0.15, 0.2) is 0 Å². The van der Waals surface area contributed by atoms with Crippen LogP contribution in [0, 0.1) is 5.82 Å². The second-order valence-electron chi connectivity index (χ2n) is 2.81. The molecule has 1 N–H and O–H groups in total. The minimum absolute atomic E-state index is 0.0758. The Morgan fingerprint density at radius 1 is 1.54 bits per heavy atom. The van der Waals surface area contributed by atoms with E-state index < -0.39 is 0 Å². The molecule has 1 rings (SSSR count). The van der Waals surface area contributed by atoms with E-state index in [1.54, 1.807) is 12.1 Å². The number of amides is 1. The summed E-state index contributed by atoms with van der Waals surface area (Å²) in [5.74, 6) is -0.414. The maximum Gasteiger partial charge on any atom is 0.224 e. The predicted octanol–water partition coefficient (Wildman–Crippen LogP) is 2.56. The van der Waals surface area contributed by atoms with Gasteiger partial charge in [0.05, 0.1) is 0 Å². The van der Waals surface area contributed by atoms with Gasteiger partial charge in [-0.25, -0.2) is 4.39 Å². The van der Waals surface area contributed by atoms with E-state index in [0.717, 1.165) is 6.42 Å². The fourth-order valence-corrected chi connectivity index (χ4v) is 1.02. The van der Waals surface area contributed by atoms with Crippen LogP contribution in [-0.4, -0.2) is 5.91 Å². The highest BCUT2D eigenvalue weighted by molar-refractivity contribution is 5.90. The Bertz CT molecular complexity index is 299. The fraction of sp³-hybridized carbons (Fsp3) is 0.300. The van der Waals surface area contributed by atoms with E-state index in [9.17, 15) is 9.18 Å². The highest BCUT2D eigenvalue weighted by atomic mass is 19.1. The van der Waals surface area contributed by atoms with E-state index in [1.807, 2.05) is 6.92 Å². The van der Waals surface area contributed by atoms with Crippen LogP contribution < -0.4 is 5.32 Å². The molecular weight excluding hydrogens is 169 g/mol. The van der Waals surface area contributed by atoms with Crippen molar-refractivity contribution in [1.82, 2.24) is 0 Å². The summed E-state index contributed by atoms with van der Waals surface area (Å²) < 4.78 is 12.7. The van der Waals surface area contributed by atoms with Crippen molar-refractivity contribution in [2.24, 2.45) is 0 Å². The van der Waals surface area contributed by atoms with Crippen LogP contribution in [0.5, 0.6) is 0 Å². The molecule has 2 nitrogen and oxygen atoms in total. The number of anilines is 1. The van der Waals surface area contributed by atoms with Crippen LogP contribution in [0.2, 0.25) is 0 Å². The molecule has 0 aliphatic rings. The number of carbonyl (C=O) groups excluding carboxylic acids is 1. The summed E-state index contributed by atoms with van der Waals surface area (Å²) >= 11 is 0. The number of carbonyl (C=O) groups is 1. The Labute approximate surface area is 76.8 Å². The van der Waals surface area contributed by atoms with Crippen LogP contribution in [0.1, 0.15) is 19.8 Å². The zero-order valence-electron chi connectivity index (χ0n) is 7.51. The first kappa shape index (κ1) is 9.71. The van der Waals surface area contributed by atoms with Gasteiger partial charge in [-0.15, -0.1) is 0 Å². The average molecular weight is 181 g/mol. The number of hydrogen-bond acceptors (Lipinski definition) is 1. The number of hydrogen-bond donors (Lipinski definition) is 1. The van der Waals surface area contributed by atoms with Gasteiger partial charge in [-0.05, 0) is 24.6 Å². The third-order valence-electron chi connectivity index (χ3n) is 1.59. The maximum absolute atomic E-state index is 12.7. The van der Waals surface area contributed by atoms with E-state index in [4.69, 9.17) is 0 Å². The Hall–Kier alpha value is -1.38. The molecule has 0 bridgehead atoms. The second kappa shape index (κ2) is 4.60. The number of rotatable bonds is 3. The molecule has 1 amide bonds. The summed E-state index contributed by atoms with van der Waals surface area (Å²) in [5, 5.41) is 2.60. The van der Waals surface area contributed by atoms with Gasteiger partial charge in [0, 0.05) is 12.1 Å². The fourth-order valence-electron chi connectivity index (χ4n) is 1.02. The molecule has 0 spiro atoms. The SMILES string of the molecule is CCCC(=O)Nc1cccc(F)c1. The molecule has 0 aliphatic carbocycles. The largest absolute Gasteiger partial charge is 0.326 e. The quantitative estimate of drug-likeness (QED) is 0.762. The van der Waals surface area contributed by atoms with Crippen molar-refractivity contribution in [3.63, 3.8) is 0 Å². The third-order valence-corrected chi connectivity index (χ3v) is 1.59. The predicted molar refractivity (Wildman–Crippen MR) is 49.9 cm³/mol. The molecule has 0 aromatic heterocycles. The third kappa shape index (κ3) is 3.23. The van der Waals surface area contributed by atoms with Gasteiger partial charge in [0.25, 0.3) is 0 Å². The summed E-state index contributed by atoms with van der Waals surface area (Å²) in [6, 6.07) is 5.87. The van der Waals surface area contributed by atoms with Crippen LogP contribution in [0.3, 0.4) is 0 Å². The molecule has 70 valence electrons. The monoisotopic (exact) mass is 181 g/mol. The highest BCUT2D eigenvalue weighted by Crippen LogP contribution is 2.09. The molecule has 0 radical (unpaired) electrons. The van der Waals surface area contributed by atoms with E-state index in [0.29, 0.717) is 12.1 Å². The topological polar surface area (TPSA) is 29.1 Å². The van der Waals surface area contributed by atoms with Crippen molar-refractivity contribution < 1.29 is 9.18 Å². The molecule has 1 aromatic rings. The molecule has 0 saturated heterocycles. The molecule has 0 saturated carbocycles. The van der Waals surface area contributed by atoms with Crippen LogP contribution >= 0.6 is 0 Å². The van der Waals surface area contributed by atoms with Gasteiger partial charge < -0.3 is 5.32 Å². The van der Waals surface area contributed by atoms with Gasteiger partial charge >= 0.3 is 0 Å². The molecule has 0 heterocycles. The first-order valence-electron chi connectivity index (χ1n) is 4.28. The van der Waals surface area contributed by atoms with Gasteiger partial charge in [0.1, 0.15) is 5.82 Å². The summed E-state index contributed by atoms with van der Waals surface area (Å²) in [4.78, 5) is 11.1. The van der Waals surface area contributed by atoms with Crippen LogP contribution in [0.4, 0.5) is 10.1 Å². The van der Waals surface area contributed by atoms with Crippen LogP contribution in [-0.2, 0) is 4.79 Å². The van der Waals surface area contributed by atoms with E-state index in [2.05, 4.69) is 5.32 Å². The van der Waals surface area contributed by atoms with Crippen LogP contribution in [0.25, 0.3) is 0 Å². The standard InChI is InChI=1S/C10H12FNO/c1-2-4-10(13)12-9-6-3-5-8(11)7-9/h3,5-7H,2,4H2,1H3,(H,12,13). The van der Waals surface area contributed by atoms with Crippen molar-refractivity contribution in [2.75, 3.05) is 5.32 Å². The smallest absolute Gasteiger partial charge is 0.224 e. The first-order valence-corrected chi connectivity index (χ1v) is 4.28. The summed E-state index contributed by atoms with van der Waals surface area (Å²) in [6.07, 6.45) is 1.26. The Morgan fingerprint density at radius 2 is 2.31 bits per heavy atom. The lowest BCUT2D eigenvalue weighted by Gasteiger charge is -2.03. The zero-order chi connectivity index (χ0) is 9.68. The number of benzene rings is 1. The molecular formula is C10H12FNO. The van der Waals surface area contributed by atoms with Gasteiger partial charge in [-0.3, -0.25) is 4.79 Å². The van der Waals surface area contributed by atoms with Gasteiger partial charge in [-0.2, -0.15) is 0 Å². The molecule has 0 unspecified atom stereocenters. The second-order valence-corrected chi connectivity index (χ2v) is 2.81. The summed E-state index contributed by atoms with van der Waals surface area (Å²) in [5.41, 5.74) is 0.512. The molecule has 3 heteroatoms. The van der Waals surface area contributed by atoms with Crippen molar-refractivity contribution in [3.05, 3.63) is 30.1 Å². The molecule has 1 aromatic carbocycles. The normalized spacial score (nSPS) is 9.69. The zero-order valence-corrected chi connectivity index (χ0v) is 7.51. The Kier molecular flexibility index (Phi) is 3.43. The first-order chi connectivity index (χ1) is 6.22. The minimum atomic E-state index is -0.339. The lowest BCUT2D eigenvalue weighted by molar-refractivity contribution is -0.116. The number of halogens is 1. The molecule has 13 heavy (non-hydrogen) atoms. The van der Waals surface area contributed by atoms with Crippen LogP contribution in [0.15, 0.2) is 24.3 Å². The Balaban J connectivity index is 2.58. The molecule has 0 aliphatic heterocycles. The minimum Gasteiger partial charge on any atom is -0.326 e. The van der Waals surface area contributed by atoms with E-state index in [-0.39, 0.29) is 11.7 Å². The van der Waals surface area contributed by atoms with Crippen molar-refractivity contribution in [3.8, 4) is 0 Å². The van der Waals surface area contributed by atoms with Gasteiger partial charge in [0.2, 0.25) is 5.91 Å². The molecule has 0 atom stereocenters. The Morgan fingerprint density at radius 3 is 2.92 bits per heavy atom. The maximum atomic E-state index is 12.7. The molecule has 0 fully saturated rings. The van der Waals surface area contributed by atoms with Crippen molar-refractivity contribution in [2.45, 2.75) is 19.8 Å². The summed E-state index contributed by atoms with van der Waals surface area (Å²) in [7, 11) is 0. The lowest BCUT2D eigenvalue weighted by atomic mass is 10.3. The highest BCUT2D eigenvalue weighted by Gasteiger charge is 2.00. The van der Waals surface area contributed by atoms with E-state index >= 15 is 0 Å². The number of nitrogens with one attached hydrogen (secondary N) is 1. The van der Waals surface area contributed by atoms with Gasteiger partial charge in [-0.1, -0.05) is 13.0 Å². The summed E-state index contributed by atoms with van der Waals surface area (Å²) in [6.45, 7) is 1.92.